The van der Waals surface area contributed by atoms with Crippen LogP contribution in [0.4, 0.5) is 11.5 Å². The molecule has 1 saturated heterocycles. The van der Waals surface area contributed by atoms with Crippen molar-refractivity contribution in [3.63, 3.8) is 0 Å². The Morgan fingerprint density at radius 2 is 1.80 bits per heavy atom. The highest BCUT2D eigenvalue weighted by Crippen LogP contribution is 2.31. The van der Waals surface area contributed by atoms with E-state index in [0.717, 1.165) is 31.2 Å². The van der Waals surface area contributed by atoms with Crippen molar-refractivity contribution < 1.29 is 29.3 Å². The highest BCUT2D eigenvalue weighted by Gasteiger charge is 2.44. The van der Waals surface area contributed by atoms with Gasteiger partial charge in [-0.2, -0.15) is 0 Å². The zero-order valence-electron chi connectivity index (χ0n) is 22.5. The van der Waals surface area contributed by atoms with Gasteiger partial charge >= 0.3 is 0 Å². The lowest BCUT2D eigenvalue weighted by molar-refractivity contribution is -0.122. The van der Waals surface area contributed by atoms with Crippen LogP contribution in [0.5, 0.6) is 0 Å². The summed E-state index contributed by atoms with van der Waals surface area (Å²) >= 11 is 0. The van der Waals surface area contributed by atoms with Gasteiger partial charge in [0.05, 0.1) is 6.33 Å². The second kappa shape index (κ2) is 12.6. The van der Waals surface area contributed by atoms with E-state index < -0.39 is 24.5 Å². The summed E-state index contributed by atoms with van der Waals surface area (Å²) in [7, 11) is 0. The van der Waals surface area contributed by atoms with Gasteiger partial charge in [-0.1, -0.05) is 25.3 Å². The highest BCUT2D eigenvalue weighted by molar-refractivity contribution is 6.02. The number of nitrogen functional groups attached to an aromatic ring is 1. The Morgan fingerprint density at radius 3 is 2.61 bits per heavy atom. The van der Waals surface area contributed by atoms with Crippen LogP contribution < -0.4 is 21.7 Å². The van der Waals surface area contributed by atoms with Gasteiger partial charge in [0.15, 0.2) is 17.7 Å². The van der Waals surface area contributed by atoms with Crippen LogP contribution in [0.15, 0.2) is 30.9 Å². The number of carbonyl (C=O) groups is 3. The number of nitrogens with two attached hydrogens (primary N) is 1. The molecule has 14 nitrogen and oxygen atoms in total. The number of aliphatic hydroxyl groups excluding tert-OH is 2. The van der Waals surface area contributed by atoms with Gasteiger partial charge in [0.1, 0.15) is 30.2 Å². The zero-order chi connectivity index (χ0) is 28.9. The number of anilines is 2. The summed E-state index contributed by atoms with van der Waals surface area (Å²) in [6.45, 7) is 0.463. The van der Waals surface area contributed by atoms with E-state index in [0.29, 0.717) is 48.2 Å². The number of benzene rings is 1. The number of nitrogens with one attached hydrogen (secondary N) is 3. The molecule has 0 saturated carbocycles. The molecule has 7 N–H and O–H groups in total. The first-order valence-corrected chi connectivity index (χ1v) is 13.7. The lowest BCUT2D eigenvalue weighted by Crippen LogP contribution is -2.39. The Bertz CT molecular complexity index is 1430. The molecule has 4 unspecified atom stereocenters. The zero-order valence-corrected chi connectivity index (χ0v) is 22.5. The van der Waals surface area contributed by atoms with Crippen LogP contribution in [0.25, 0.3) is 11.2 Å². The van der Waals surface area contributed by atoms with Crippen molar-refractivity contribution in [2.45, 2.75) is 76.0 Å². The summed E-state index contributed by atoms with van der Waals surface area (Å²) in [5, 5.41) is 29.4. The van der Waals surface area contributed by atoms with Gasteiger partial charge in [-0.15, -0.1) is 0 Å². The van der Waals surface area contributed by atoms with Gasteiger partial charge in [0, 0.05) is 42.7 Å². The second-order valence-electron chi connectivity index (χ2n) is 10.3. The minimum atomic E-state index is -1.25. The molecule has 1 aromatic carbocycles. The van der Waals surface area contributed by atoms with Crippen LogP contribution in [0.2, 0.25) is 0 Å². The molecule has 4 heterocycles. The smallest absolute Gasteiger partial charge is 0.251 e. The van der Waals surface area contributed by atoms with Crippen LogP contribution >= 0.6 is 0 Å². The summed E-state index contributed by atoms with van der Waals surface area (Å²) < 4.78 is 7.32. The number of fused-ring (bicyclic) bond motifs is 2. The minimum Gasteiger partial charge on any atom is -0.387 e. The average Bonchev–Trinajstić information content (AvgIpc) is 3.64. The lowest BCUT2D eigenvalue weighted by atomic mass is 10.1. The van der Waals surface area contributed by atoms with E-state index in [9.17, 15) is 24.6 Å². The van der Waals surface area contributed by atoms with E-state index >= 15 is 0 Å². The van der Waals surface area contributed by atoms with Crippen LogP contribution in [-0.4, -0.2) is 72.3 Å². The Balaban J connectivity index is 0.960. The molecule has 4 atom stereocenters. The van der Waals surface area contributed by atoms with Crippen molar-refractivity contribution in [1.82, 2.24) is 30.2 Å². The Labute approximate surface area is 235 Å². The number of hydrogen-bond donors (Lipinski definition) is 6. The van der Waals surface area contributed by atoms with Crippen molar-refractivity contribution in [2.24, 2.45) is 0 Å². The number of carbonyl (C=O) groups excluding carboxylic acids is 3. The Hall–Kier alpha value is -4.14. The van der Waals surface area contributed by atoms with E-state index in [4.69, 9.17) is 10.5 Å². The van der Waals surface area contributed by atoms with E-state index in [1.165, 1.54) is 17.2 Å². The number of nitrogens with zero attached hydrogens (tertiary/aromatic N) is 4. The summed E-state index contributed by atoms with van der Waals surface area (Å²) in [6, 6.07) is 5.31. The molecule has 2 aliphatic rings. The number of ether oxygens (including phenoxy) is 1. The molecule has 3 amide bonds. The summed E-state index contributed by atoms with van der Waals surface area (Å²) in [4.78, 5) is 48.6. The largest absolute Gasteiger partial charge is 0.387 e. The Morgan fingerprint density at radius 1 is 1.05 bits per heavy atom. The monoisotopic (exact) mass is 566 g/mol. The van der Waals surface area contributed by atoms with Gasteiger partial charge in [0.25, 0.3) is 5.91 Å². The first kappa shape index (κ1) is 28.4. The van der Waals surface area contributed by atoms with Crippen molar-refractivity contribution in [1.29, 1.82) is 0 Å². The first-order chi connectivity index (χ1) is 19.8. The number of rotatable bonds is 12. The molecule has 2 aliphatic heterocycles. The number of amides is 3. The molecule has 218 valence electrons. The first-order valence-electron chi connectivity index (χ1n) is 13.7. The van der Waals surface area contributed by atoms with E-state index in [-0.39, 0.29) is 30.1 Å². The summed E-state index contributed by atoms with van der Waals surface area (Å²) in [6.07, 6.45) is 3.22. The number of unbranched alkanes of at least 4 members (excludes halogenated alkanes) is 4. The maximum Gasteiger partial charge on any atom is 0.251 e. The van der Waals surface area contributed by atoms with Gasteiger partial charge in [-0.3, -0.25) is 19.0 Å². The van der Waals surface area contributed by atoms with E-state index in [1.807, 2.05) is 0 Å². The normalized spacial score (nSPS) is 21.6. The number of hydrogen-bond acceptors (Lipinski definition) is 10. The number of imidazole rings is 1. The van der Waals surface area contributed by atoms with Crippen LogP contribution in [-0.2, 0) is 20.9 Å². The molecule has 1 fully saturated rings. The maximum atomic E-state index is 12.3. The standard InChI is InChI=1S/C27H34N8O6/c28-24-21-25(32-13-31-24)35(14-33-21)27-23(39)22(38)18(41-27)12-29-19(36)9-4-2-1-3-5-10-20(37)34-17-8-6-7-15-16(17)11-30-26(15)40/h6-8,13-14,18,22-23,27,38-39H,1-5,9-12H2,(H,29,36)(H,30,40)(H,34,37)(H2,28,31,32). The molecule has 2 aromatic heterocycles. The molecular weight excluding hydrogens is 532 g/mol. The number of aliphatic hydroxyl groups is 2. The topological polar surface area (TPSA) is 207 Å². The fraction of sp³-hybridized carbons (Fsp3) is 0.481. The predicted molar refractivity (Wildman–Crippen MR) is 147 cm³/mol. The third-order valence-corrected chi connectivity index (χ3v) is 7.43. The fourth-order valence-corrected chi connectivity index (χ4v) is 5.17. The second-order valence-corrected chi connectivity index (χ2v) is 10.3. The van der Waals surface area contributed by atoms with Crippen molar-refractivity contribution in [2.75, 3.05) is 17.6 Å². The van der Waals surface area contributed by atoms with Crippen LogP contribution in [0, 0.1) is 0 Å². The van der Waals surface area contributed by atoms with Gasteiger partial charge in [-0.05, 0) is 25.0 Å². The van der Waals surface area contributed by atoms with Gasteiger partial charge in [-0.25, -0.2) is 15.0 Å². The van der Waals surface area contributed by atoms with Gasteiger partial charge in [0.2, 0.25) is 11.8 Å². The average molecular weight is 567 g/mol. The predicted octanol–water partition coefficient (Wildman–Crippen LogP) is 0.757. The minimum absolute atomic E-state index is 0.0429. The third-order valence-electron chi connectivity index (χ3n) is 7.43. The van der Waals surface area contributed by atoms with Crippen molar-refractivity contribution >= 4 is 40.4 Å². The van der Waals surface area contributed by atoms with Crippen LogP contribution in [0.1, 0.15) is 67.1 Å². The fourth-order valence-electron chi connectivity index (χ4n) is 5.17. The molecule has 0 bridgehead atoms. The molecule has 0 radical (unpaired) electrons. The molecule has 3 aromatic rings. The molecule has 14 heteroatoms. The van der Waals surface area contributed by atoms with Gasteiger partial charge < -0.3 is 36.6 Å². The van der Waals surface area contributed by atoms with Crippen LogP contribution in [0.3, 0.4) is 0 Å². The summed E-state index contributed by atoms with van der Waals surface area (Å²) in [5.41, 5.74) is 8.65. The maximum absolute atomic E-state index is 12.3. The number of aromatic nitrogens is 4. The molecule has 41 heavy (non-hydrogen) atoms. The molecule has 0 aliphatic carbocycles. The third kappa shape index (κ3) is 6.29. The SMILES string of the molecule is Nc1ncnc2c1ncn2C1OC(CNC(=O)CCCCCCCC(=O)Nc2cccc3c2CNC3=O)C(O)C1O. The molecule has 5 rings (SSSR count). The van der Waals surface area contributed by atoms with Crippen molar-refractivity contribution in [3.8, 4) is 0 Å². The summed E-state index contributed by atoms with van der Waals surface area (Å²) in [5.74, 6) is -0.183. The van der Waals surface area contributed by atoms with Crippen molar-refractivity contribution in [3.05, 3.63) is 42.0 Å². The highest BCUT2D eigenvalue weighted by atomic mass is 16.6. The van der Waals surface area contributed by atoms with E-state index in [1.54, 1.807) is 18.2 Å². The van der Waals surface area contributed by atoms with E-state index in [2.05, 4.69) is 30.9 Å². The molecule has 0 spiro atoms. The molecular formula is C27H34N8O6. The Kier molecular flexibility index (Phi) is 8.71. The lowest BCUT2D eigenvalue weighted by Gasteiger charge is -2.16. The quantitative estimate of drug-likeness (QED) is 0.170.